The standard InChI is InChI=1S/C26H35N3O4/c1-17(2)22(29-23(30)20-15-9-10-16-21(20)24(29)31)25(32)28(19-13-7-4-8-14-19)26(33)27-18-11-5-3-6-12-18/h9-10,15-19,22H,3-8,11-14H2,1-2H3,(H,27,33). The van der Waals surface area contributed by atoms with Crippen molar-refractivity contribution in [2.24, 2.45) is 5.92 Å². The number of nitrogens with zero attached hydrogens (tertiary/aromatic N) is 2. The van der Waals surface area contributed by atoms with Crippen LogP contribution < -0.4 is 5.32 Å². The van der Waals surface area contributed by atoms with Crippen LogP contribution in [0.15, 0.2) is 24.3 Å². The van der Waals surface area contributed by atoms with Gasteiger partial charge in [-0.05, 0) is 43.7 Å². The van der Waals surface area contributed by atoms with E-state index in [-0.39, 0.29) is 24.0 Å². The van der Waals surface area contributed by atoms with Gasteiger partial charge in [0.2, 0.25) is 0 Å². The lowest BCUT2D eigenvalue weighted by Crippen LogP contribution is -2.60. The molecule has 1 N–H and O–H groups in total. The fourth-order valence-corrected chi connectivity index (χ4v) is 5.57. The van der Waals surface area contributed by atoms with Crippen LogP contribution in [0.2, 0.25) is 0 Å². The van der Waals surface area contributed by atoms with Gasteiger partial charge in [-0.25, -0.2) is 4.79 Å². The lowest BCUT2D eigenvalue weighted by atomic mass is 9.92. The van der Waals surface area contributed by atoms with Crippen molar-refractivity contribution in [3.8, 4) is 0 Å². The van der Waals surface area contributed by atoms with Gasteiger partial charge < -0.3 is 5.32 Å². The van der Waals surface area contributed by atoms with Gasteiger partial charge in [-0.15, -0.1) is 0 Å². The summed E-state index contributed by atoms with van der Waals surface area (Å²) in [6.45, 7) is 3.65. The minimum absolute atomic E-state index is 0.0712. The molecule has 7 heteroatoms. The Kier molecular flexibility index (Phi) is 7.15. The first-order valence-electron chi connectivity index (χ1n) is 12.5. The summed E-state index contributed by atoms with van der Waals surface area (Å²) in [6, 6.07) is 5.14. The van der Waals surface area contributed by atoms with E-state index in [4.69, 9.17) is 0 Å². The number of carbonyl (C=O) groups is 4. The molecule has 2 saturated carbocycles. The van der Waals surface area contributed by atoms with Crippen LogP contribution in [0.3, 0.4) is 0 Å². The Bertz CT molecular complexity index is 881. The Morgan fingerprint density at radius 3 is 1.91 bits per heavy atom. The lowest BCUT2D eigenvalue weighted by molar-refractivity contribution is -0.136. The second kappa shape index (κ2) is 10.1. The van der Waals surface area contributed by atoms with Crippen LogP contribution in [0.25, 0.3) is 0 Å². The summed E-state index contributed by atoms with van der Waals surface area (Å²) in [6.07, 6.45) is 9.71. The highest BCUT2D eigenvalue weighted by molar-refractivity contribution is 6.23. The van der Waals surface area contributed by atoms with Gasteiger partial charge in [-0.2, -0.15) is 0 Å². The van der Waals surface area contributed by atoms with E-state index in [0.717, 1.165) is 62.7 Å². The number of carbonyl (C=O) groups excluding carboxylic acids is 4. The summed E-state index contributed by atoms with van der Waals surface area (Å²) in [5.74, 6) is -1.69. The molecular formula is C26H35N3O4. The fraction of sp³-hybridized carbons (Fsp3) is 0.615. The third-order valence-corrected chi connectivity index (χ3v) is 7.32. The van der Waals surface area contributed by atoms with E-state index in [1.165, 1.54) is 11.3 Å². The second-order valence-electron chi connectivity index (χ2n) is 10.00. The van der Waals surface area contributed by atoms with Crippen LogP contribution in [-0.4, -0.2) is 51.7 Å². The van der Waals surface area contributed by atoms with Gasteiger partial charge in [0, 0.05) is 12.1 Å². The largest absolute Gasteiger partial charge is 0.335 e. The van der Waals surface area contributed by atoms with E-state index >= 15 is 0 Å². The molecule has 0 bridgehead atoms. The Labute approximate surface area is 195 Å². The van der Waals surface area contributed by atoms with Crippen LogP contribution >= 0.6 is 0 Å². The Balaban J connectivity index is 1.63. The number of nitrogens with one attached hydrogen (secondary N) is 1. The smallest absolute Gasteiger partial charge is 0.324 e. The van der Waals surface area contributed by atoms with E-state index in [0.29, 0.717) is 11.1 Å². The molecule has 5 amide bonds. The van der Waals surface area contributed by atoms with E-state index in [2.05, 4.69) is 5.32 Å². The number of amides is 5. The quantitative estimate of drug-likeness (QED) is 0.665. The number of urea groups is 1. The zero-order valence-corrected chi connectivity index (χ0v) is 19.7. The number of hydrogen-bond donors (Lipinski definition) is 1. The van der Waals surface area contributed by atoms with Crippen molar-refractivity contribution in [1.29, 1.82) is 0 Å². The highest BCUT2D eigenvalue weighted by atomic mass is 16.2. The summed E-state index contributed by atoms with van der Waals surface area (Å²) in [5.41, 5.74) is 0.633. The van der Waals surface area contributed by atoms with Gasteiger partial charge in [0.05, 0.1) is 11.1 Å². The minimum Gasteiger partial charge on any atom is -0.335 e. The molecule has 1 aromatic rings. The van der Waals surface area contributed by atoms with Gasteiger partial charge in [-0.1, -0.05) is 64.5 Å². The molecule has 1 aliphatic heterocycles. The lowest BCUT2D eigenvalue weighted by Gasteiger charge is -2.39. The third kappa shape index (κ3) is 4.68. The van der Waals surface area contributed by atoms with Crippen LogP contribution in [0.5, 0.6) is 0 Å². The number of fused-ring (bicyclic) bond motifs is 1. The molecule has 3 aliphatic rings. The summed E-state index contributed by atoms with van der Waals surface area (Å²) in [4.78, 5) is 56.3. The Hall–Kier alpha value is -2.70. The summed E-state index contributed by atoms with van der Waals surface area (Å²) < 4.78 is 0. The molecule has 1 atom stereocenters. The van der Waals surface area contributed by atoms with Gasteiger partial charge in [0.1, 0.15) is 6.04 Å². The van der Waals surface area contributed by atoms with Crippen LogP contribution in [0.4, 0.5) is 4.79 Å². The normalized spacial score (nSPS) is 20.6. The first-order chi connectivity index (χ1) is 15.9. The van der Waals surface area contributed by atoms with Crippen LogP contribution in [0, 0.1) is 5.92 Å². The van der Waals surface area contributed by atoms with E-state index < -0.39 is 23.8 Å². The van der Waals surface area contributed by atoms with Crippen LogP contribution in [-0.2, 0) is 4.79 Å². The molecule has 0 saturated heterocycles. The molecule has 2 aliphatic carbocycles. The maximum absolute atomic E-state index is 14.0. The summed E-state index contributed by atoms with van der Waals surface area (Å²) in [7, 11) is 0. The monoisotopic (exact) mass is 453 g/mol. The zero-order chi connectivity index (χ0) is 23.5. The highest BCUT2D eigenvalue weighted by Crippen LogP contribution is 2.31. The maximum Gasteiger partial charge on any atom is 0.324 e. The van der Waals surface area contributed by atoms with Crippen LogP contribution in [0.1, 0.15) is 98.8 Å². The van der Waals surface area contributed by atoms with Crippen molar-refractivity contribution in [2.75, 3.05) is 0 Å². The summed E-state index contributed by atoms with van der Waals surface area (Å²) in [5, 5.41) is 3.10. The van der Waals surface area contributed by atoms with E-state index in [9.17, 15) is 19.2 Å². The van der Waals surface area contributed by atoms with Crippen molar-refractivity contribution in [3.63, 3.8) is 0 Å². The van der Waals surface area contributed by atoms with Crippen molar-refractivity contribution in [1.82, 2.24) is 15.1 Å². The number of imide groups is 2. The molecule has 0 radical (unpaired) electrons. The topological polar surface area (TPSA) is 86.8 Å². The molecule has 4 rings (SSSR count). The molecule has 33 heavy (non-hydrogen) atoms. The van der Waals surface area contributed by atoms with Gasteiger partial charge in [-0.3, -0.25) is 24.2 Å². The SMILES string of the molecule is CC(C)C(C(=O)N(C(=O)NC1CCCCC1)C1CCCCC1)N1C(=O)c2ccccc2C1=O. The van der Waals surface area contributed by atoms with Crippen molar-refractivity contribution >= 4 is 23.8 Å². The minimum atomic E-state index is -1.02. The van der Waals surface area contributed by atoms with Crippen molar-refractivity contribution in [3.05, 3.63) is 35.4 Å². The molecule has 1 aromatic carbocycles. The molecule has 7 nitrogen and oxygen atoms in total. The predicted octanol–water partition coefficient (Wildman–Crippen LogP) is 4.51. The molecule has 0 aromatic heterocycles. The Morgan fingerprint density at radius 2 is 1.39 bits per heavy atom. The molecule has 178 valence electrons. The van der Waals surface area contributed by atoms with E-state index in [1.807, 2.05) is 13.8 Å². The molecule has 1 unspecified atom stereocenters. The molecule has 2 fully saturated rings. The molecule has 0 spiro atoms. The number of hydrogen-bond acceptors (Lipinski definition) is 4. The second-order valence-corrected chi connectivity index (χ2v) is 10.00. The fourth-order valence-electron chi connectivity index (χ4n) is 5.57. The molecule has 1 heterocycles. The van der Waals surface area contributed by atoms with E-state index in [1.54, 1.807) is 24.3 Å². The summed E-state index contributed by atoms with van der Waals surface area (Å²) >= 11 is 0. The average Bonchev–Trinajstić information content (AvgIpc) is 3.06. The van der Waals surface area contributed by atoms with Crippen molar-refractivity contribution < 1.29 is 19.2 Å². The average molecular weight is 454 g/mol. The Morgan fingerprint density at radius 1 is 0.879 bits per heavy atom. The van der Waals surface area contributed by atoms with Gasteiger partial charge >= 0.3 is 6.03 Å². The van der Waals surface area contributed by atoms with Crippen molar-refractivity contribution in [2.45, 2.75) is 96.2 Å². The predicted molar refractivity (Wildman–Crippen MR) is 125 cm³/mol. The number of benzene rings is 1. The number of rotatable bonds is 5. The van der Waals surface area contributed by atoms with Gasteiger partial charge in [0.15, 0.2) is 0 Å². The van der Waals surface area contributed by atoms with Gasteiger partial charge in [0.25, 0.3) is 17.7 Å². The maximum atomic E-state index is 14.0. The zero-order valence-electron chi connectivity index (χ0n) is 19.7. The first kappa shape index (κ1) is 23.5. The third-order valence-electron chi connectivity index (χ3n) is 7.32. The highest BCUT2D eigenvalue weighted by Gasteiger charge is 2.47. The molecular weight excluding hydrogens is 418 g/mol. The first-order valence-corrected chi connectivity index (χ1v) is 12.5.